The Morgan fingerprint density at radius 2 is 2.11 bits per heavy atom. The molecule has 0 radical (unpaired) electrons. The van der Waals surface area contributed by atoms with E-state index in [1.165, 1.54) is 0 Å². The van der Waals surface area contributed by atoms with Crippen LogP contribution in [0.15, 0.2) is 42.6 Å². The van der Waals surface area contributed by atoms with Crippen molar-refractivity contribution in [1.29, 1.82) is 0 Å². The molecular weight excluding hydrogens is 244 g/mol. The number of thiocarbonyl (C=S) groups is 1. The average Bonchev–Trinajstić information content (AvgIpc) is 2.38. The molecule has 0 amide bonds. The van der Waals surface area contributed by atoms with E-state index in [1.54, 1.807) is 6.20 Å². The second-order valence-electron chi connectivity index (χ2n) is 3.79. The Kier molecular flexibility index (Phi) is 4.20. The molecule has 2 N–H and O–H groups in total. The minimum Gasteiger partial charge on any atom is -0.357 e. The van der Waals surface area contributed by atoms with E-state index in [-0.39, 0.29) is 0 Å². The first-order chi connectivity index (χ1) is 8.74. The third-order valence-corrected chi connectivity index (χ3v) is 2.53. The molecule has 2 heterocycles. The van der Waals surface area contributed by atoms with Crippen LogP contribution in [0.4, 0.5) is 5.82 Å². The normalized spacial score (nSPS) is 9.83. The van der Waals surface area contributed by atoms with Crippen LogP contribution in [-0.4, -0.2) is 15.1 Å². The van der Waals surface area contributed by atoms with E-state index < -0.39 is 0 Å². The quantitative estimate of drug-likeness (QED) is 0.827. The summed E-state index contributed by atoms with van der Waals surface area (Å²) in [4.78, 5) is 8.52. The predicted octanol–water partition coefficient (Wildman–Crippen LogP) is 2.27. The first kappa shape index (κ1) is 12.4. The van der Waals surface area contributed by atoms with Gasteiger partial charge in [-0.25, -0.2) is 4.98 Å². The molecule has 5 heteroatoms. The molecule has 2 aromatic rings. The molecule has 92 valence electrons. The summed E-state index contributed by atoms with van der Waals surface area (Å²) >= 11 is 5.19. The van der Waals surface area contributed by atoms with Crippen LogP contribution < -0.4 is 10.6 Å². The fraction of sp³-hybridized carbons (Fsp3) is 0.154. The molecule has 0 aliphatic heterocycles. The highest BCUT2D eigenvalue weighted by molar-refractivity contribution is 7.80. The van der Waals surface area contributed by atoms with Crippen LogP contribution in [0.25, 0.3) is 0 Å². The monoisotopic (exact) mass is 258 g/mol. The van der Waals surface area contributed by atoms with Crippen molar-refractivity contribution < 1.29 is 0 Å². The van der Waals surface area contributed by atoms with Gasteiger partial charge in [0.2, 0.25) is 0 Å². The van der Waals surface area contributed by atoms with E-state index in [9.17, 15) is 0 Å². The molecule has 0 bridgehead atoms. The fourth-order valence-corrected chi connectivity index (χ4v) is 1.62. The van der Waals surface area contributed by atoms with Crippen LogP contribution in [0.5, 0.6) is 0 Å². The third kappa shape index (κ3) is 3.78. The molecule has 18 heavy (non-hydrogen) atoms. The van der Waals surface area contributed by atoms with Crippen LogP contribution in [0, 0.1) is 6.92 Å². The van der Waals surface area contributed by atoms with Crippen molar-refractivity contribution in [3.63, 3.8) is 0 Å². The lowest BCUT2D eigenvalue weighted by Gasteiger charge is -2.09. The van der Waals surface area contributed by atoms with E-state index in [2.05, 4.69) is 20.6 Å². The summed E-state index contributed by atoms with van der Waals surface area (Å²) in [5.41, 5.74) is 1.89. The number of nitrogens with zero attached hydrogens (tertiary/aromatic N) is 2. The van der Waals surface area contributed by atoms with Gasteiger partial charge in [0.15, 0.2) is 5.11 Å². The number of pyridine rings is 2. The van der Waals surface area contributed by atoms with Gasteiger partial charge in [-0.1, -0.05) is 12.1 Å². The highest BCUT2D eigenvalue weighted by Gasteiger charge is 1.99. The van der Waals surface area contributed by atoms with E-state index in [0.717, 1.165) is 17.2 Å². The Balaban J connectivity index is 1.86. The number of hydrogen-bond acceptors (Lipinski definition) is 3. The Hall–Kier alpha value is -2.01. The van der Waals surface area contributed by atoms with Gasteiger partial charge in [-0.2, -0.15) is 0 Å². The van der Waals surface area contributed by atoms with Crippen LogP contribution in [0.3, 0.4) is 0 Å². The molecule has 4 nitrogen and oxygen atoms in total. The Bertz CT molecular complexity index is 528. The molecule has 0 atom stereocenters. The molecule has 0 saturated heterocycles. The molecule has 0 aromatic carbocycles. The standard InChI is InChI=1S/C13H14N4S/c1-10-5-4-7-12(16-10)17-13(18)15-9-11-6-2-3-8-14-11/h2-8H,9H2,1H3,(H2,15,16,17,18). The molecule has 0 aliphatic rings. The zero-order chi connectivity index (χ0) is 12.8. The van der Waals surface area contributed by atoms with Gasteiger partial charge in [-0.05, 0) is 43.4 Å². The number of nitrogens with one attached hydrogen (secondary N) is 2. The van der Waals surface area contributed by atoms with Crippen molar-refractivity contribution >= 4 is 23.1 Å². The van der Waals surface area contributed by atoms with Crippen LogP contribution >= 0.6 is 12.2 Å². The van der Waals surface area contributed by atoms with Crippen LogP contribution in [0.1, 0.15) is 11.4 Å². The molecule has 0 aliphatic carbocycles. The lowest BCUT2D eigenvalue weighted by molar-refractivity contribution is 0.881. The first-order valence-electron chi connectivity index (χ1n) is 5.62. The molecule has 0 spiro atoms. The summed E-state index contributed by atoms with van der Waals surface area (Å²) in [7, 11) is 0. The Morgan fingerprint density at radius 1 is 1.22 bits per heavy atom. The van der Waals surface area contributed by atoms with Gasteiger partial charge in [-0.3, -0.25) is 4.98 Å². The maximum atomic E-state index is 5.19. The van der Waals surface area contributed by atoms with Crippen molar-refractivity contribution in [2.75, 3.05) is 5.32 Å². The van der Waals surface area contributed by atoms with E-state index in [4.69, 9.17) is 12.2 Å². The summed E-state index contributed by atoms with van der Waals surface area (Å²) in [6, 6.07) is 11.5. The van der Waals surface area contributed by atoms with Gasteiger partial charge in [0.05, 0.1) is 12.2 Å². The van der Waals surface area contributed by atoms with Gasteiger partial charge in [0, 0.05) is 11.9 Å². The van der Waals surface area contributed by atoms with E-state index in [0.29, 0.717) is 11.7 Å². The Morgan fingerprint density at radius 3 is 2.83 bits per heavy atom. The number of hydrogen-bond donors (Lipinski definition) is 2. The van der Waals surface area contributed by atoms with Crippen molar-refractivity contribution in [1.82, 2.24) is 15.3 Å². The Labute approximate surface area is 111 Å². The second-order valence-corrected chi connectivity index (χ2v) is 4.20. The highest BCUT2D eigenvalue weighted by Crippen LogP contribution is 2.03. The molecule has 0 saturated carbocycles. The smallest absolute Gasteiger partial charge is 0.172 e. The van der Waals surface area contributed by atoms with Crippen molar-refractivity contribution in [3.8, 4) is 0 Å². The molecular formula is C13H14N4S. The molecule has 2 aromatic heterocycles. The zero-order valence-electron chi connectivity index (χ0n) is 10.1. The number of aromatic nitrogens is 2. The molecule has 2 rings (SSSR count). The van der Waals surface area contributed by atoms with Gasteiger partial charge in [0.1, 0.15) is 5.82 Å². The topological polar surface area (TPSA) is 49.8 Å². The second kappa shape index (κ2) is 6.07. The third-order valence-electron chi connectivity index (χ3n) is 2.29. The average molecular weight is 258 g/mol. The number of aryl methyl sites for hydroxylation is 1. The predicted molar refractivity (Wildman–Crippen MR) is 76.3 cm³/mol. The lowest BCUT2D eigenvalue weighted by atomic mass is 10.3. The van der Waals surface area contributed by atoms with Gasteiger partial charge in [0.25, 0.3) is 0 Å². The van der Waals surface area contributed by atoms with E-state index in [1.807, 2.05) is 43.3 Å². The van der Waals surface area contributed by atoms with Gasteiger partial charge in [-0.15, -0.1) is 0 Å². The zero-order valence-corrected chi connectivity index (χ0v) is 10.9. The van der Waals surface area contributed by atoms with Gasteiger partial charge >= 0.3 is 0 Å². The number of anilines is 1. The first-order valence-corrected chi connectivity index (χ1v) is 6.03. The van der Waals surface area contributed by atoms with Crippen molar-refractivity contribution in [2.45, 2.75) is 13.5 Å². The van der Waals surface area contributed by atoms with E-state index >= 15 is 0 Å². The largest absolute Gasteiger partial charge is 0.357 e. The minimum atomic E-state index is 0.541. The fourth-order valence-electron chi connectivity index (χ4n) is 1.45. The summed E-state index contributed by atoms with van der Waals surface area (Å²) in [6.45, 7) is 2.54. The van der Waals surface area contributed by atoms with Crippen LogP contribution in [0.2, 0.25) is 0 Å². The summed E-state index contributed by atoms with van der Waals surface area (Å²) < 4.78 is 0. The minimum absolute atomic E-state index is 0.541. The SMILES string of the molecule is Cc1cccc(NC(=S)NCc2ccccn2)n1. The van der Waals surface area contributed by atoms with Crippen molar-refractivity contribution in [3.05, 3.63) is 54.0 Å². The molecule has 0 fully saturated rings. The van der Waals surface area contributed by atoms with Crippen molar-refractivity contribution in [2.24, 2.45) is 0 Å². The molecule has 0 unspecified atom stereocenters. The summed E-state index contributed by atoms with van der Waals surface area (Å²) in [6.07, 6.45) is 1.76. The highest BCUT2D eigenvalue weighted by atomic mass is 32.1. The lowest BCUT2D eigenvalue weighted by Crippen LogP contribution is -2.28. The summed E-state index contributed by atoms with van der Waals surface area (Å²) in [5, 5.41) is 6.66. The maximum Gasteiger partial charge on any atom is 0.172 e. The van der Waals surface area contributed by atoms with Gasteiger partial charge < -0.3 is 10.6 Å². The van der Waals surface area contributed by atoms with Crippen LogP contribution in [-0.2, 0) is 6.54 Å². The maximum absolute atomic E-state index is 5.19. The summed E-state index contributed by atoms with van der Waals surface area (Å²) in [5.74, 6) is 0.744. The number of rotatable bonds is 3.